The molecule has 1 aromatic heterocycles. The van der Waals surface area contributed by atoms with Crippen LogP contribution in [-0.4, -0.2) is 35.1 Å². The van der Waals surface area contributed by atoms with Crippen LogP contribution in [0.4, 0.5) is 11.4 Å². The summed E-state index contributed by atoms with van der Waals surface area (Å²) in [7, 11) is 1.82. The first-order valence-electron chi connectivity index (χ1n) is 10.5. The SMILES string of the molecule is CN1CC(c2cccc([N+](=O)[O-])c2)C(C(=O)C=Cc2ccco2)C12C(=O)Nc1ccccc12. The molecule has 0 bridgehead atoms. The van der Waals surface area contributed by atoms with E-state index in [0.29, 0.717) is 23.6 Å². The molecule has 1 saturated heterocycles. The van der Waals surface area contributed by atoms with Gasteiger partial charge < -0.3 is 9.73 Å². The summed E-state index contributed by atoms with van der Waals surface area (Å²) in [6.07, 6.45) is 4.53. The molecule has 5 rings (SSSR count). The van der Waals surface area contributed by atoms with Crippen LogP contribution >= 0.6 is 0 Å². The first kappa shape index (κ1) is 20.8. The van der Waals surface area contributed by atoms with Gasteiger partial charge in [-0.1, -0.05) is 30.3 Å². The number of likely N-dealkylation sites (N-methyl/N-ethyl adjacent to an activating group) is 1. The number of hydrogen-bond acceptors (Lipinski definition) is 6. The number of benzene rings is 2. The highest BCUT2D eigenvalue weighted by Crippen LogP contribution is 2.55. The quantitative estimate of drug-likeness (QED) is 0.363. The Labute approximate surface area is 189 Å². The number of rotatable bonds is 5. The molecule has 3 aromatic rings. The first-order chi connectivity index (χ1) is 15.9. The lowest BCUT2D eigenvalue weighted by atomic mass is 9.71. The van der Waals surface area contributed by atoms with E-state index in [9.17, 15) is 19.7 Å². The second-order valence-corrected chi connectivity index (χ2v) is 8.33. The number of nitro benzene ring substituents is 1. The third-order valence-electron chi connectivity index (χ3n) is 6.63. The van der Waals surface area contributed by atoms with Gasteiger partial charge in [-0.15, -0.1) is 0 Å². The third-order valence-corrected chi connectivity index (χ3v) is 6.63. The highest BCUT2D eigenvalue weighted by molar-refractivity contribution is 6.11. The number of amides is 1. The van der Waals surface area contributed by atoms with Crippen molar-refractivity contribution >= 4 is 29.1 Å². The number of anilines is 1. The monoisotopic (exact) mass is 443 g/mol. The molecule has 33 heavy (non-hydrogen) atoms. The molecule has 2 aliphatic rings. The van der Waals surface area contributed by atoms with Gasteiger partial charge in [0.1, 0.15) is 11.3 Å². The number of hydrogen-bond donors (Lipinski definition) is 1. The molecule has 8 nitrogen and oxygen atoms in total. The Bertz CT molecular complexity index is 1280. The summed E-state index contributed by atoms with van der Waals surface area (Å²) >= 11 is 0. The minimum Gasteiger partial charge on any atom is -0.465 e. The van der Waals surface area contributed by atoms with Gasteiger partial charge in [0.2, 0.25) is 5.91 Å². The van der Waals surface area contributed by atoms with Crippen molar-refractivity contribution in [2.75, 3.05) is 18.9 Å². The normalized spacial score (nSPS) is 24.3. The fourth-order valence-corrected chi connectivity index (χ4v) is 5.25. The summed E-state index contributed by atoms with van der Waals surface area (Å²) in [6.45, 7) is 0.383. The molecular weight excluding hydrogens is 422 g/mol. The zero-order chi connectivity index (χ0) is 23.2. The van der Waals surface area contributed by atoms with Crippen molar-refractivity contribution in [1.82, 2.24) is 4.90 Å². The largest absolute Gasteiger partial charge is 0.465 e. The Kier molecular flexibility index (Phi) is 4.94. The number of nitrogens with one attached hydrogen (secondary N) is 1. The van der Waals surface area contributed by atoms with Gasteiger partial charge in [-0.05, 0) is 43.0 Å². The number of carbonyl (C=O) groups excluding carboxylic acids is 2. The molecule has 1 amide bonds. The molecule has 8 heteroatoms. The van der Waals surface area contributed by atoms with Crippen LogP contribution in [0.1, 0.15) is 22.8 Å². The lowest BCUT2D eigenvalue weighted by molar-refractivity contribution is -0.384. The van der Waals surface area contributed by atoms with Gasteiger partial charge in [-0.3, -0.25) is 24.6 Å². The Hall–Kier alpha value is -4.04. The van der Waals surface area contributed by atoms with Gasteiger partial charge in [0.25, 0.3) is 5.69 Å². The number of para-hydroxylation sites is 1. The van der Waals surface area contributed by atoms with E-state index < -0.39 is 22.3 Å². The summed E-state index contributed by atoms with van der Waals surface area (Å²) in [5, 5.41) is 14.3. The van der Waals surface area contributed by atoms with Crippen LogP contribution in [0.3, 0.4) is 0 Å². The maximum Gasteiger partial charge on any atom is 0.269 e. The van der Waals surface area contributed by atoms with Gasteiger partial charge >= 0.3 is 0 Å². The number of likely N-dealkylation sites (tertiary alicyclic amines) is 1. The van der Waals surface area contributed by atoms with Crippen molar-refractivity contribution in [2.45, 2.75) is 11.5 Å². The zero-order valence-electron chi connectivity index (χ0n) is 17.8. The number of nitrogens with zero attached hydrogens (tertiary/aromatic N) is 2. The average Bonchev–Trinajstić information content (AvgIpc) is 3.51. The molecule has 3 unspecified atom stereocenters. The van der Waals surface area contributed by atoms with E-state index in [0.717, 1.165) is 5.56 Å². The van der Waals surface area contributed by atoms with Gasteiger partial charge in [0.15, 0.2) is 5.78 Å². The molecule has 0 radical (unpaired) electrons. The van der Waals surface area contributed by atoms with Crippen LogP contribution in [0.5, 0.6) is 0 Å². The van der Waals surface area contributed by atoms with Gasteiger partial charge in [-0.25, -0.2) is 0 Å². The van der Waals surface area contributed by atoms with Crippen LogP contribution < -0.4 is 5.32 Å². The lowest BCUT2D eigenvalue weighted by Gasteiger charge is -2.35. The average molecular weight is 443 g/mol. The number of non-ortho nitro benzene ring substituents is 1. The van der Waals surface area contributed by atoms with Crippen LogP contribution in [0, 0.1) is 16.0 Å². The minimum absolute atomic E-state index is 0.0512. The number of fused-ring (bicyclic) bond motifs is 2. The van der Waals surface area contributed by atoms with Gasteiger partial charge in [-0.2, -0.15) is 0 Å². The Morgan fingerprint density at radius 1 is 1.21 bits per heavy atom. The van der Waals surface area contributed by atoms with Crippen molar-refractivity contribution in [3.63, 3.8) is 0 Å². The van der Waals surface area contributed by atoms with E-state index in [4.69, 9.17) is 4.42 Å². The van der Waals surface area contributed by atoms with Crippen LogP contribution in [0.2, 0.25) is 0 Å². The molecule has 0 aliphatic carbocycles. The second-order valence-electron chi connectivity index (χ2n) is 8.33. The Morgan fingerprint density at radius 3 is 2.79 bits per heavy atom. The van der Waals surface area contributed by atoms with Crippen LogP contribution in [0.15, 0.2) is 77.4 Å². The van der Waals surface area contributed by atoms with E-state index in [1.165, 1.54) is 24.5 Å². The van der Waals surface area contributed by atoms with Crippen molar-refractivity contribution in [2.24, 2.45) is 5.92 Å². The fraction of sp³-hybridized carbons (Fsp3) is 0.200. The van der Waals surface area contributed by atoms with E-state index in [-0.39, 0.29) is 17.4 Å². The summed E-state index contributed by atoms with van der Waals surface area (Å²) in [6, 6.07) is 17.1. The lowest BCUT2D eigenvalue weighted by Crippen LogP contribution is -2.51. The fourth-order valence-electron chi connectivity index (χ4n) is 5.25. The van der Waals surface area contributed by atoms with Gasteiger partial charge in [0, 0.05) is 35.8 Å². The molecule has 0 saturated carbocycles. The molecule has 1 spiro atoms. The maximum absolute atomic E-state index is 13.7. The zero-order valence-corrected chi connectivity index (χ0v) is 17.8. The van der Waals surface area contributed by atoms with Crippen molar-refractivity contribution in [3.8, 4) is 0 Å². The second kappa shape index (κ2) is 7.83. The topological polar surface area (TPSA) is 106 Å². The molecule has 2 aromatic carbocycles. The van der Waals surface area contributed by atoms with Crippen molar-refractivity contribution in [3.05, 3.63) is 100 Å². The van der Waals surface area contributed by atoms with Gasteiger partial charge in [0.05, 0.1) is 17.1 Å². The summed E-state index contributed by atoms with van der Waals surface area (Å²) in [5.74, 6) is -1.23. The molecule has 3 atom stereocenters. The molecule has 2 aliphatic heterocycles. The van der Waals surface area contributed by atoms with Crippen LogP contribution in [-0.2, 0) is 15.1 Å². The van der Waals surface area contributed by atoms with E-state index >= 15 is 0 Å². The number of nitro groups is 1. The number of carbonyl (C=O) groups is 2. The van der Waals surface area contributed by atoms with Crippen LogP contribution in [0.25, 0.3) is 6.08 Å². The highest BCUT2D eigenvalue weighted by Gasteiger charge is 2.63. The Balaban J connectivity index is 1.66. The van der Waals surface area contributed by atoms with E-state index in [1.807, 2.05) is 36.2 Å². The Morgan fingerprint density at radius 2 is 2.03 bits per heavy atom. The molecule has 166 valence electrons. The van der Waals surface area contributed by atoms with E-state index in [1.54, 1.807) is 30.3 Å². The summed E-state index contributed by atoms with van der Waals surface area (Å²) in [5.41, 5.74) is 0.771. The van der Waals surface area contributed by atoms with Crippen molar-refractivity contribution in [1.29, 1.82) is 0 Å². The standard InChI is InChI=1S/C25H21N3O5/c1-27-15-19(16-6-4-7-17(14-16)28(31)32)23(22(29)12-11-18-8-5-13-33-18)25(27)20-9-2-3-10-21(20)26-24(25)30/h2-14,19,23H,15H2,1H3,(H,26,30). The molecule has 1 fully saturated rings. The predicted molar refractivity (Wildman–Crippen MR) is 121 cm³/mol. The number of ketones is 1. The highest BCUT2D eigenvalue weighted by atomic mass is 16.6. The summed E-state index contributed by atoms with van der Waals surface area (Å²) < 4.78 is 5.31. The number of allylic oxidation sites excluding steroid dienone is 1. The molecular formula is C25H21N3O5. The van der Waals surface area contributed by atoms with E-state index in [2.05, 4.69) is 5.32 Å². The smallest absolute Gasteiger partial charge is 0.269 e. The molecule has 3 heterocycles. The maximum atomic E-state index is 13.7. The summed E-state index contributed by atoms with van der Waals surface area (Å²) in [4.78, 5) is 40.1. The predicted octanol–water partition coefficient (Wildman–Crippen LogP) is 3.96. The minimum atomic E-state index is -1.23. The van der Waals surface area contributed by atoms with Crippen molar-refractivity contribution < 1.29 is 18.9 Å². The first-order valence-corrected chi connectivity index (χ1v) is 10.5. The number of furan rings is 1. The molecule has 1 N–H and O–H groups in total. The third kappa shape index (κ3) is 3.18.